The Morgan fingerprint density at radius 1 is 1.18 bits per heavy atom. The smallest absolute Gasteiger partial charge is 0.0570 e. The summed E-state index contributed by atoms with van der Waals surface area (Å²) in [4.78, 5) is 2.47. The molecule has 0 aliphatic carbocycles. The second-order valence-electron chi connectivity index (χ2n) is 4.03. The number of rotatable bonds is 0. The molecule has 64 valence electrons. The minimum absolute atomic E-state index is 0.0125. The van der Waals surface area contributed by atoms with Crippen molar-refractivity contribution < 1.29 is 5.11 Å². The molecule has 0 saturated carbocycles. The molecule has 0 spiro atoms. The lowest BCUT2D eigenvalue weighted by Crippen LogP contribution is -2.51. The summed E-state index contributed by atoms with van der Waals surface area (Å²) in [6, 6.07) is 1.36. The third kappa shape index (κ3) is 1.30. The number of aliphatic hydroxyl groups is 1. The minimum atomic E-state index is -0.0125. The molecule has 11 heavy (non-hydrogen) atoms. The van der Waals surface area contributed by atoms with Crippen LogP contribution >= 0.6 is 0 Å². The first-order valence-corrected chi connectivity index (χ1v) is 4.67. The van der Waals surface area contributed by atoms with Gasteiger partial charge in [-0.3, -0.25) is 0 Å². The maximum absolute atomic E-state index is 9.51. The van der Waals surface area contributed by atoms with Gasteiger partial charge in [0.1, 0.15) is 0 Å². The van der Waals surface area contributed by atoms with Crippen molar-refractivity contribution in [2.24, 2.45) is 0 Å². The van der Waals surface area contributed by atoms with Crippen molar-refractivity contribution in [3.63, 3.8) is 0 Å². The molecule has 0 amide bonds. The van der Waals surface area contributed by atoms with Gasteiger partial charge in [0.2, 0.25) is 0 Å². The Hall–Kier alpha value is -0.0800. The molecule has 0 aromatic carbocycles. The standard InChI is InChI=1S/C9H17NO/c1-10-7-3-2-4-8(10)6-9(11)5-7/h7-9,11H,2-6H2,1H3. The molecule has 0 radical (unpaired) electrons. The summed E-state index contributed by atoms with van der Waals surface area (Å²) in [5, 5.41) is 9.51. The van der Waals surface area contributed by atoms with Crippen LogP contribution in [0.3, 0.4) is 0 Å². The van der Waals surface area contributed by atoms with E-state index in [9.17, 15) is 5.11 Å². The quantitative estimate of drug-likeness (QED) is 0.564. The van der Waals surface area contributed by atoms with Crippen LogP contribution in [0.15, 0.2) is 0 Å². The fourth-order valence-electron chi connectivity index (χ4n) is 2.59. The highest BCUT2D eigenvalue weighted by Crippen LogP contribution is 2.32. The topological polar surface area (TPSA) is 23.5 Å². The molecular weight excluding hydrogens is 138 g/mol. The van der Waals surface area contributed by atoms with Crippen molar-refractivity contribution >= 4 is 0 Å². The Morgan fingerprint density at radius 2 is 1.73 bits per heavy atom. The molecule has 1 N–H and O–H groups in total. The summed E-state index contributed by atoms with van der Waals surface area (Å²) in [6.07, 6.45) is 5.96. The van der Waals surface area contributed by atoms with Gasteiger partial charge >= 0.3 is 0 Å². The first kappa shape index (κ1) is 7.56. The van der Waals surface area contributed by atoms with Crippen LogP contribution in [0, 0.1) is 0 Å². The molecule has 2 aliphatic rings. The van der Waals surface area contributed by atoms with E-state index in [2.05, 4.69) is 11.9 Å². The van der Waals surface area contributed by atoms with E-state index in [1.165, 1.54) is 19.3 Å². The Balaban J connectivity index is 2.07. The molecule has 2 atom stereocenters. The fourth-order valence-corrected chi connectivity index (χ4v) is 2.59. The third-order valence-corrected chi connectivity index (χ3v) is 3.31. The van der Waals surface area contributed by atoms with Crippen LogP contribution in [0.25, 0.3) is 0 Å². The molecule has 2 nitrogen and oxygen atoms in total. The van der Waals surface area contributed by atoms with Crippen LogP contribution < -0.4 is 0 Å². The zero-order valence-electron chi connectivity index (χ0n) is 7.16. The molecule has 0 aromatic heterocycles. The van der Waals surface area contributed by atoms with E-state index in [1.807, 2.05) is 0 Å². The summed E-state index contributed by atoms with van der Waals surface area (Å²) in [5.74, 6) is 0. The molecule has 2 aliphatic heterocycles. The molecule has 2 saturated heterocycles. The van der Waals surface area contributed by atoms with Gasteiger partial charge in [-0.2, -0.15) is 0 Å². The Kier molecular flexibility index (Phi) is 1.90. The van der Waals surface area contributed by atoms with Crippen molar-refractivity contribution in [3.8, 4) is 0 Å². The predicted molar refractivity (Wildman–Crippen MR) is 44.4 cm³/mol. The van der Waals surface area contributed by atoms with Gasteiger partial charge < -0.3 is 10.0 Å². The highest BCUT2D eigenvalue weighted by atomic mass is 16.3. The number of piperidine rings is 2. The van der Waals surface area contributed by atoms with E-state index < -0.39 is 0 Å². The van der Waals surface area contributed by atoms with Gasteiger partial charge in [-0.05, 0) is 32.7 Å². The lowest BCUT2D eigenvalue weighted by atomic mass is 9.84. The fraction of sp³-hybridized carbons (Fsp3) is 1.00. The van der Waals surface area contributed by atoms with E-state index >= 15 is 0 Å². The largest absolute Gasteiger partial charge is 0.393 e. The number of hydrogen-bond acceptors (Lipinski definition) is 2. The maximum atomic E-state index is 9.51. The zero-order chi connectivity index (χ0) is 7.84. The molecule has 2 fully saturated rings. The van der Waals surface area contributed by atoms with Gasteiger partial charge in [0.25, 0.3) is 0 Å². The Labute approximate surface area is 68.2 Å². The first-order chi connectivity index (χ1) is 5.27. The third-order valence-electron chi connectivity index (χ3n) is 3.31. The SMILES string of the molecule is CN1C2CCCC1CC(O)C2. The summed E-state index contributed by atoms with van der Waals surface area (Å²) in [5.41, 5.74) is 0. The maximum Gasteiger partial charge on any atom is 0.0570 e. The van der Waals surface area contributed by atoms with Crippen molar-refractivity contribution in [3.05, 3.63) is 0 Å². The molecule has 2 heteroatoms. The normalized spacial score (nSPS) is 45.8. The van der Waals surface area contributed by atoms with Crippen LogP contribution in [0.2, 0.25) is 0 Å². The second-order valence-corrected chi connectivity index (χ2v) is 4.03. The minimum Gasteiger partial charge on any atom is -0.393 e. The van der Waals surface area contributed by atoms with Crippen LogP contribution in [0.1, 0.15) is 32.1 Å². The van der Waals surface area contributed by atoms with Gasteiger partial charge in [0.05, 0.1) is 6.10 Å². The van der Waals surface area contributed by atoms with Gasteiger partial charge in [-0.15, -0.1) is 0 Å². The monoisotopic (exact) mass is 155 g/mol. The van der Waals surface area contributed by atoms with Gasteiger partial charge in [-0.1, -0.05) is 6.42 Å². The molecular formula is C9H17NO. The average Bonchev–Trinajstić information content (AvgIpc) is 1.92. The average molecular weight is 155 g/mol. The van der Waals surface area contributed by atoms with E-state index in [-0.39, 0.29) is 6.10 Å². The first-order valence-electron chi connectivity index (χ1n) is 4.67. The van der Waals surface area contributed by atoms with E-state index in [4.69, 9.17) is 0 Å². The van der Waals surface area contributed by atoms with Crippen molar-refractivity contribution in [1.82, 2.24) is 4.90 Å². The van der Waals surface area contributed by atoms with E-state index in [0.717, 1.165) is 12.8 Å². The molecule has 0 aromatic rings. The second kappa shape index (κ2) is 2.76. The van der Waals surface area contributed by atoms with Crippen LogP contribution in [-0.4, -0.2) is 35.2 Å². The lowest BCUT2D eigenvalue weighted by Gasteiger charge is -2.45. The zero-order valence-corrected chi connectivity index (χ0v) is 7.16. The summed E-state index contributed by atoms with van der Waals surface area (Å²) < 4.78 is 0. The molecule has 2 unspecified atom stereocenters. The van der Waals surface area contributed by atoms with Crippen molar-refractivity contribution in [2.45, 2.75) is 50.3 Å². The number of aliphatic hydroxyl groups excluding tert-OH is 1. The number of hydrogen-bond donors (Lipinski definition) is 1. The Bertz CT molecular complexity index is 134. The van der Waals surface area contributed by atoms with Gasteiger partial charge in [-0.25, -0.2) is 0 Å². The van der Waals surface area contributed by atoms with Gasteiger partial charge in [0, 0.05) is 12.1 Å². The van der Waals surface area contributed by atoms with Crippen molar-refractivity contribution in [2.75, 3.05) is 7.05 Å². The van der Waals surface area contributed by atoms with Crippen LogP contribution in [0.5, 0.6) is 0 Å². The van der Waals surface area contributed by atoms with Gasteiger partial charge in [0.15, 0.2) is 0 Å². The summed E-state index contributed by atoms with van der Waals surface area (Å²) >= 11 is 0. The summed E-state index contributed by atoms with van der Waals surface area (Å²) in [6.45, 7) is 0. The molecule has 2 bridgehead atoms. The number of fused-ring (bicyclic) bond motifs is 2. The predicted octanol–water partition coefficient (Wildman–Crippen LogP) is 0.994. The lowest BCUT2D eigenvalue weighted by molar-refractivity contribution is -0.0106. The van der Waals surface area contributed by atoms with Crippen LogP contribution in [0.4, 0.5) is 0 Å². The molecule has 2 rings (SSSR count). The van der Waals surface area contributed by atoms with E-state index in [1.54, 1.807) is 0 Å². The summed E-state index contributed by atoms with van der Waals surface area (Å²) in [7, 11) is 2.21. The van der Waals surface area contributed by atoms with Crippen LogP contribution in [-0.2, 0) is 0 Å². The highest BCUT2D eigenvalue weighted by Gasteiger charge is 2.34. The number of nitrogens with zero attached hydrogens (tertiary/aromatic N) is 1. The highest BCUT2D eigenvalue weighted by molar-refractivity contribution is 4.90. The van der Waals surface area contributed by atoms with E-state index in [0.29, 0.717) is 12.1 Å². The molecule has 2 heterocycles. The van der Waals surface area contributed by atoms with Crippen molar-refractivity contribution in [1.29, 1.82) is 0 Å². The Morgan fingerprint density at radius 3 is 2.27 bits per heavy atom.